The van der Waals surface area contributed by atoms with Crippen LogP contribution < -0.4 is 0 Å². The van der Waals surface area contributed by atoms with Crippen LogP contribution in [0, 0.1) is 0 Å². The third kappa shape index (κ3) is 3.71. The van der Waals surface area contributed by atoms with Gasteiger partial charge in [-0.05, 0) is 34.9 Å². The Hall–Kier alpha value is -2.67. The number of aromatic hydroxyl groups is 1. The van der Waals surface area contributed by atoms with Crippen LogP contribution in [0.5, 0.6) is 5.75 Å². The van der Waals surface area contributed by atoms with Crippen LogP contribution in [0.4, 0.5) is 0 Å². The highest BCUT2D eigenvalue weighted by Crippen LogP contribution is 2.34. The highest BCUT2D eigenvalue weighted by Gasteiger charge is 2.20. The Balaban J connectivity index is 2.31. The van der Waals surface area contributed by atoms with Gasteiger partial charge in [-0.2, -0.15) is 8.42 Å². The standard InChI is InChI=1S/C19H16O5S/c20-15-9-5-13(6-10-15)19(14-7-11-16(21)12-8-14)17-3-1-2-4-18(17)25(22,23)24/h1-12,15,20-21H,(H,22,23,24). The second-order valence-electron chi connectivity index (χ2n) is 5.56. The molecule has 2 aromatic rings. The summed E-state index contributed by atoms with van der Waals surface area (Å²) in [6, 6.07) is 12.4. The molecule has 5 nitrogen and oxygen atoms in total. The highest BCUT2D eigenvalue weighted by atomic mass is 32.2. The van der Waals surface area contributed by atoms with Gasteiger partial charge in [0.05, 0.1) is 6.10 Å². The molecule has 0 saturated heterocycles. The van der Waals surface area contributed by atoms with Gasteiger partial charge in [0.1, 0.15) is 10.6 Å². The van der Waals surface area contributed by atoms with Crippen molar-refractivity contribution in [3.05, 3.63) is 89.5 Å². The second-order valence-corrected chi connectivity index (χ2v) is 6.95. The fourth-order valence-electron chi connectivity index (χ4n) is 2.69. The average molecular weight is 356 g/mol. The predicted octanol–water partition coefficient (Wildman–Crippen LogP) is 2.93. The molecule has 0 bridgehead atoms. The molecular weight excluding hydrogens is 340 g/mol. The van der Waals surface area contributed by atoms with Crippen LogP contribution in [0.1, 0.15) is 11.1 Å². The van der Waals surface area contributed by atoms with E-state index >= 15 is 0 Å². The summed E-state index contributed by atoms with van der Waals surface area (Å²) in [5.74, 6) is 0.0846. The number of aliphatic hydroxyl groups is 1. The van der Waals surface area contributed by atoms with Crippen molar-refractivity contribution in [1.82, 2.24) is 0 Å². The molecule has 3 N–H and O–H groups in total. The molecule has 0 amide bonds. The summed E-state index contributed by atoms with van der Waals surface area (Å²) in [7, 11) is -4.43. The molecule has 1 aliphatic carbocycles. The first-order chi connectivity index (χ1) is 11.9. The van der Waals surface area contributed by atoms with E-state index in [0.29, 0.717) is 22.3 Å². The second kappa shape index (κ2) is 6.68. The molecule has 1 aliphatic rings. The van der Waals surface area contributed by atoms with Gasteiger partial charge in [-0.3, -0.25) is 4.55 Å². The van der Waals surface area contributed by atoms with Crippen LogP contribution in [0.2, 0.25) is 0 Å². The van der Waals surface area contributed by atoms with Crippen molar-refractivity contribution in [3.63, 3.8) is 0 Å². The molecule has 0 unspecified atom stereocenters. The summed E-state index contributed by atoms with van der Waals surface area (Å²) >= 11 is 0. The van der Waals surface area contributed by atoms with E-state index in [4.69, 9.17) is 0 Å². The van der Waals surface area contributed by atoms with Crippen LogP contribution in [-0.2, 0) is 10.1 Å². The Morgan fingerprint density at radius 1 is 0.920 bits per heavy atom. The Morgan fingerprint density at radius 3 is 2.12 bits per heavy atom. The van der Waals surface area contributed by atoms with Crippen molar-refractivity contribution in [2.24, 2.45) is 0 Å². The Morgan fingerprint density at radius 2 is 1.52 bits per heavy atom. The molecule has 2 aromatic carbocycles. The summed E-state index contributed by atoms with van der Waals surface area (Å²) in [5, 5.41) is 19.1. The molecule has 0 fully saturated rings. The number of phenolic OH excluding ortho intramolecular Hbond substituents is 1. The summed E-state index contributed by atoms with van der Waals surface area (Å²) in [4.78, 5) is -0.210. The van der Waals surface area contributed by atoms with Gasteiger partial charge in [0.15, 0.2) is 0 Å². The van der Waals surface area contributed by atoms with Crippen LogP contribution in [0.25, 0.3) is 5.57 Å². The lowest BCUT2D eigenvalue weighted by Crippen LogP contribution is -2.06. The fourth-order valence-corrected chi connectivity index (χ4v) is 3.39. The van der Waals surface area contributed by atoms with Gasteiger partial charge >= 0.3 is 0 Å². The van der Waals surface area contributed by atoms with Crippen molar-refractivity contribution in [2.75, 3.05) is 0 Å². The third-order valence-corrected chi connectivity index (χ3v) is 4.74. The lowest BCUT2D eigenvalue weighted by Gasteiger charge is -2.17. The number of phenols is 1. The predicted molar refractivity (Wildman–Crippen MR) is 94.7 cm³/mol. The lowest BCUT2D eigenvalue weighted by molar-refractivity contribution is 0.270. The number of benzene rings is 2. The minimum Gasteiger partial charge on any atom is -0.508 e. The van der Waals surface area contributed by atoms with E-state index in [1.165, 1.54) is 24.3 Å². The average Bonchev–Trinajstić information content (AvgIpc) is 2.58. The maximum atomic E-state index is 11.8. The zero-order valence-electron chi connectivity index (χ0n) is 13.1. The van der Waals surface area contributed by atoms with Gasteiger partial charge in [0, 0.05) is 5.56 Å². The number of aliphatic hydroxyl groups excluding tert-OH is 1. The van der Waals surface area contributed by atoms with Crippen molar-refractivity contribution in [1.29, 1.82) is 0 Å². The first-order valence-corrected chi connectivity index (χ1v) is 8.95. The molecule has 6 heteroatoms. The minimum atomic E-state index is -4.43. The number of hydrogen-bond donors (Lipinski definition) is 3. The quantitative estimate of drug-likeness (QED) is 0.735. The summed E-state index contributed by atoms with van der Waals surface area (Å²) < 4.78 is 33.2. The topological polar surface area (TPSA) is 94.8 Å². The Kier molecular flexibility index (Phi) is 4.59. The normalized spacial score (nSPS) is 16.9. The third-order valence-electron chi connectivity index (χ3n) is 3.82. The van der Waals surface area contributed by atoms with Crippen LogP contribution in [0.3, 0.4) is 0 Å². The molecule has 0 atom stereocenters. The first kappa shape index (κ1) is 17.2. The summed E-state index contributed by atoms with van der Waals surface area (Å²) in [5.41, 5.74) is 2.23. The monoisotopic (exact) mass is 356 g/mol. The van der Waals surface area contributed by atoms with Gasteiger partial charge < -0.3 is 10.2 Å². The van der Waals surface area contributed by atoms with E-state index in [1.807, 2.05) is 0 Å². The van der Waals surface area contributed by atoms with E-state index in [0.717, 1.165) is 0 Å². The van der Waals surface area contributed by atoms with E-state index in [9.17, 15) is 23.2 Å². The Bertz CT molecular complexity index is 967. The largest absolute Gasteiger partial charge is 0.508 e. The fraction of sp³-hybridized carbons (Fsp3) is 0.0526. The van der Waals surface area contributed by atoms with Gasteiger partial charge in [-0.1, -0.05) is 54.6 Å². The van der Waals surface area contributed by atoms with Gasteiger partial charge in [-0.15, -0.1) is 0 Å². The lowest BCUT2D eigenvalue weighted by atomic mass is 9.90. The van der Waals surface area contributed by atoms with E-state index in [-0.39, 0.29) is 10.6 Å². The molecule has 0 heterocycles. The SMILES string of the molecule is O=S(=O)(O)c1ccccc1C(=C1C=CC(O)C=C1)c1ccc(O)cc1. The molecule has 3 rings (SSSR count). The summed E-state index contributed by atoms with van der Waals surface area (Å²) in [6.07, 6.45) is 5.82. The Labute approximate surface area is 145 Å². The van der Waals surface area contributed by atoms with E-state index < -0.39 is 16.2 Å². The van der Waals surface area contributed by atoms with Crippen molar-refractivity contribution < 1.29 is 23.2 Å². The maximum absolute atomic E-state index is 11.8. The molecule has 0 saturated carbocycles. The van der Waals surface area contributed by atoms with Crippen LogP contribution >= 0.6 is 0 Å². The summed E-state index contributed by atoms with van der Waals surface area (Å²) in [6.45, 7) is 0. The molecule has 0 aliphatic heterocycles. The minimum absolute atomic E-state index is 0.0846. The molecule has 0 spiro atoms. The number of rotatable bonds is 3. The van der Waals surface area contributed by atoms with Crippen LogP contribution in [0.15, 0.2) is 83.3 Å². The van der Waals surface area contributed by atoms with Crippen LogP contribution in [-0.4, -0.2) is 29.3 Å². The van der Waals surface area contributed by atoms with Crippen molar-refractivity contribution >= 4 is 15.7 Å². The molecule has 0 aromatic heterocycles. The smallest absolute Gasteiger partial charge is 0.295 e. The van der Waals surface area contributed by atoms with Crippen molar-refractivity contribution in [3.8, 4) is 5.75 Å². The first-order valence-electron chi connectivity index (χ1n) is 7.51. The zero-order valence-corrected chi connectivity index (χ0v) is 13.9. The maximum Gasteiger partial charge on any atom is 0.295 e. The molecule has 25 heavy (non-hydrogen) atoms. The molecule has 0 radical (unpaired) electrons. The zero-order chi connectivity index (χ0) is 18.0. The van der Waals surface area contributed by atoms with Gasteiger partial charge in [0.25, 0.3) is 10.1 Å². The van der Waals surface area contributed by atoms with Crippen molar-refractivity contribution in [2.45, 2.75) is 11.0 Å². The number of hydrogen-bond acceptors (Lipinski definition) is 4. The highest BCUT2D eigenvalue weighted by molar-refractivity contribution is 7.86. The van der Waals surface area contributed by atoms with Gasteiger partial charge in [0.2, 0.25) is 0 Å². The van der Waals surface area contributed by atoms with E-state index in [2.05, 4.69) is 0 Å². The molecular formula is C19H16O5S. The number of allylic oxidation sites excluding steroid dienone is 3. The molecule has 128 valence electrons. The van der Waals surface area contributed by atoms with Gasteiger partial charge in [-0.25, -0.2) is 0 Å². The van der Waals surface area contributed by atoms with E-state index in [1.54, 1.807) is 48.6 Å².